The third-order valence-corrected chi connectivity index (χ3v) is 2.15. The van der Waals surface area contributed by atoms with Crippen molar-refractivity contribution in [2.24, 2.45) is 17.6 Å². The summed E-state index contributed by atoms with van der Waals surface area (Å²) in [7, 11) is 0. The minimum Gasteiger partial charge on any atom is -0.346 e. The Morgan fingerprint density at radius 2 is 1.56 bits per heavy atom. The molecule has 0 aromatic carbocycles. The van der Waals surface area contributed by atoms with Crippen molar-refractivity contribution < 1.29 is 9.59 Å². The molecule has 0 aromatic rings. The molecule has 0 aliphatic heterocycles. The molecule has 0 radical (unpaired) electrons. The second-order valence-electron chi connectivity index (χ2n) is 5.07. The lowest BCUT2D eigenvalue weighted by molar-refractivity contribution is -0.133. The monoisotopic (exact) mass is 279 g/mol. The molecule has 2 amide bonds. The van der Waals surface area contributed by atoms with Gasteiger partial charge in [-0.3, -0.25) is 9.59 Å². The Labute approximate surface area is 116 Å². The molecule has 0 unspecified atom stereocenters. The van der Waals surface area contributed by atoms with Crippen LogP contribution in [0.3, 0.4) is 0 Å². The molecular weight excluding hydrogens is 254 g/mol. The molecular formula is C12H26ClN3O2. The molecule has 6 heteroatoms. The van der Waals surface area contributed by atoms with Crippen LogP contribution < -0.4 is 11.1 Å². The number of carbonyl (C=O) groups excluding carboxylic acids is 2. The van der Waals surface area contributed by atoms with E-state index >= 15 is 0 Å². The first kappa shape index (κ1) is 19.5. The lowest BCUT2D eigenvalue weighted by atomic mass is 10.1. The minimum atomic E-state index is -0.299. The number of carbonyl (C=O) groups is 2. The zero-order chi connectivity index (χ0) is 13.4. The molecule has 0 aromatic heterocycles. The van der Waals surface area contributed by atoms with Gasteiger partial charge in [-0.1, -0.05) is 27.7 Å². The Balaban J connectivity index is 0. The molecule has 0 spiro atoms. The van der Waals surface area contributed by atoms with Crippen molar-refractivity contribution in [3.8, 4) is 0 Å². The van der Waals surface area contributed by atoms with Crippen molar-refractivity contribution in [3.63, 3.8) is 0 Å². The molecule has 0 bridgehead atoms. The maximum atomic E-state index is 11.9. The van der Waals surface area contributed by atoms with E-state index in [0.717, 1.165) is 13.1 Å². The summed E-state index contributed by atoms with van der Waals surface area (Å²) in [6.07, 6.45) is 0. The lowest BCUT2D eigenvalue weighted by Crippen LogP contribution is -2.44. The standard InChI is InChI=1S/C12H25N3O2.ClH/c1-9(2)7-15(8-10(3)4)12(17)6-14-11(16)5-13;/h9-10H,5-8,13H2,1-4H3,(H,14,16);1H. The summed E-state index contributed by atoms with van der Waals surface area (Å²) in [6, 6.07) is 0. The van der Waals surface area contributed by atoms with Crippen molar-refractivity contribution in [2.45, 2.75) is 27.7 Å². The Morgan fingerprint density at radius 3 is 1.89 bits per heavy atom. The number of nitrogens with one attached hydrogen (secondary N) is 1. The summed E-state index contributed by atoms with van der Waals surface area (Å²) >= 11 is 0. The van der Waals surface area contributed by atoms with Gasteiger partial charge in [0.15, 0.2) is 0 Å². The van der Waals surface area contributed by atoms with Crippen molar-refractivity contribution >= 4 is 24.2 Å². The first-order valence-corrected chi connectivity index (χ1v) is 6.11. The largest absolute Gasteiger partial charge is 0.346 e. The van der Waals surface area contributed by atoms with Crippen LogP contribution in [-0.2, 0) is 9.59 Å². The van der Waals surface area contributed by atoms with E-state index in [1.807, 2.05) is 0 Å². The summed E-state index contributed by atoms with van der Waals surface area (Å²) < 4.78 is 0. The van der Waals surface area contributed by atoms with E-state index in [9.17, 15) is 9.59 Å². The Hall–Kier alpha value is -0.810. The quantitative estimate of drug-likeness (QED) is 0.717. The number of hydrogen-bond acceptors (Lipinski definition) is 3. The van der Waals surface area contributed by atoms with Gasteiger partial charge >= 0.3 is 0 Å². The molecule has 0 fully saturated rings. The highest BCUT2D eigenvalue weighted by atomic mass is 35.5. The van der Waals surface area contributed by atoms with Gasteiger partial charge in [-0.15, -0.1) is 12.4 Å². The number of nitrogens with zero attached hydrogens (tertiary/aromatic N) is 1. The van der Waals surface area contributed by atoms with Gasteiger partial charge in [0.1, 0.15) is 0 Å². The van der Waals surface area contributed by atoms with E-state index in [4.69, 9.17) is 5.73 Å². The van der Waals surface area contributed by atoms with E-state index in [1.165, 1.54) is 0 Å². The van der Waals surface area contributed by atoms with Crippen LogP contribution in [0.25, 0.3) is 0 Å². The van der Waals surface area contributed by atoms with Gasteiger partial charge in [0, 0.05) is 13.1 Å². The summed E-state index contributed by atoms with van der Waals surface area (Å²) in [5.41, 5.74) is 5.16. The maximum Gasteiger partial charge on any atom is 0.241 e. The summed E-state index contributed by atoms with van der Waals surface area (Å²) in [6.45, 7) is 9.67. The molecule has 0 saturated carbocycles. The highest BCUT2D eigenvalue weighted by molar-refractivity contribution is 5.85. The smallest absolute Gasteiger partial charge is 0.241 e. The zero-order valence-corrected chi connectivity index (χ0v) is 12.5. The van der Waals surface area contributed by atoms with Gasteiger partial charge in [-0.25, -0.2) is 0 Å². The highest BCUT2D eigenvalue weighted by Crippen LogP contribution is 2.03. The van der Waals surface area contributed by atoms with Gasteiger partial charge in [0.05, 0.1) is 13.1 Å². The van der Waals surface area contributed by atoms with Gasteiger partial charge < -0.3 is 16.0 Å². The third-order valence-electron chi connectivity index (χ3n) is 2.15. The fourth-order valence-corrected chi connectivity index (χ4v) is 1.52. The molecule has 0 aliphatic rings. The van der Waals surface area contributed by atoms with Crippen LogP contribution >= 0.6 is 12.4 Å². The van der Waals surface area contributed by atoms with Crippen LogP contribution in [0.1, 0.15) is 27.7 Å². The summed E-state index contributed by atoms with van der Waals surface area (Å²) in [5.74, 6) is 0.493. The highest BCUT2D eigenvalue weighted by Gasteiger charge is 2.16. The predicted molar refractivity (Wildman–Crippen MR) is 75.6 cm³/mol. The predicted octanol–water partition coefficient (Wildman–Crippen LogP) is 0.624. The molecule has 0 heterocycles. The van der Waals surface area contributed by atoms with Crippen LogP contribution in [0, 0.1) is 11.8 Å². The number of halogens is 1. The summed E-state index contributed by atoms with van der Waals surface area (Å²) in [4.78, 5) is 24.7. The molecule has 0 saturated heterocycles. The number of rotatable bonds is 7. The Bertz CT molecular complexity index is 248. The molecule has 3 N–H and O–H groups in total. The maximum absolute atomic E-state index is 11.9. The fourth-order valence-electron chi connectivity index (χ4n) is 1.52. The zero-order valence-electron chi connectivity index (χ0n) is 11.7. The normalized spacial score (nSPS) is 10.2. The Morgan fingerprint density at radius 1 is 1.11 bits per heavy atom. The van der Waals surface area contributed by atoms with Crippen LogP contribution in [0.4, 0.5) is 0 Å². The van der Waals surface area contributed by atoms with E-state index in [2.05, 4.69) is 33.0 Å². The van der Waals surface area contributed by atoms with E-state index in [-0.39, 0.29) is 37.3 Å². The number of hydrogen-bond donors (Lipinski definition) is 2. The van der Waals surface area contributed by atoms with Crippen molar-refractivity contribution in [1.29, 1.82) is 0 Å². The topological polar surface area (TPSA) is 75.4 Å². The average molecular weight is 280 g/mol. The SMILES string of the molecule is CC(C)CN(CC(C)C)C(=O)CNC(=O)CN.Cl. The number of amides is 2. The van der Waals surface area contributed by atoms with Gasteiger partial charge in [0.2, 0.25) is 11.8 Å². The second kappa shape index (κ2) is 10.1. The van der Waals surface area contributed by atoms with Crippen molar-refractivity contribution in [2.75, 3.05) is 26.2 Å². The molecule has 108 valence electrons. The van der Waals surface area contributed by atoms with Crippen LogP contribution in [0.2, 0.25) is 0 Å². The van der Waals surface area contributed by atoms with E-state index in [0.29, 0.717) is 11.8 Å². The second-order valence-corrected chi connectivity index (χ2v) is 5.07. The summed E-state index contributed by atoms with van der Waals surface area (Å²) in [5, 5.41) is 2.50. The molecule has 0 atom stereocenters. The van der Waals surface area contributed by atoms with Crippen molar-refractivity contribution in [1.82, 2.24) is 10.2 Å². The van der Waals surface area contributed by atoms with Gasteiger partial charge in [-0.05, 0) is 11.8 Å². The average Bonchev–Trinajstić information content (AvgIpc) is 2.23. The molecule has 0 aliphatic carbocycles. The van der Waals surface area contributed by atoms with Crippen LogP contribution in [-0.4, -0.2) is 42.9 Å². The minimum absolute atomic E-state index is 0. The third kappa shape index (κ3) is 9.24. The molecule has 0 rings (SSSR count). The van der Waals surface area contributed by atoms with Gasteiger partial charge in [0.25, 0.3) is 0 Å². The van der Waals surface area contributed by atoms with E-state index in [1.54, 1.807) is 4.90 Å². The Kier molecular flexibility index (Phi) is 11.0. The molecule has 18 heavy (non-hydrogen) atoms. The molecule has 5 nitrogen and oxygen atoms in total. The lowest BCUT2D eigenvalue weighted by Gasteiger charge is -2.26. The van der Waals surface area contributed by atoms with Crippen molar-refractivity contribution in [3.05, 3.63) is 0 Å². The van der Waals surface area contributed by atoms with Gasteiger partial charge in [-0.2, -0.15) is 0 Å². The fraction of sp³-hybridized carbons (Fsp3) is 0.833. The van der Waals surface area contributed by atoms with Crippen LogP contribution in [0.5, 0.6) is 0 Å². The first-order chi connectivity index (χ1) is 7.86. The van der Waals surface area contributed by atoms with E-state index < -0.39 is 0 Å². The first-order valence-electron chi connectivity index (χ1n) is 6.11. The van der Waals surface area contributed by atoms with Crippen LogP contribution in [0.15, 0.2) is 0 Å². The number of nitrogens with two attached hydrogens (primary N) is 1.